The molecule has 1 aromatic rings. The number of hydrogen-bond donors (Lipinski definition) is 1. The van der Waals surface area contributed by atoms with Crippen LogP contribution in [0.4, 0.5) is 8.78 Å². The lowest BCUT2D eigenvalue weighted by molar-refractivity contribution is 0.0369. The Labute approximate surface area is 119 Å². The number of benzene rings is 1. The first kappa shape index (κ1) is 15.2. The van der Waals surface area contributed by atoms with Gasteiger partial charge in [0.05, 0.1) is 0 Å². The Balaban J connectivity index is 2.17. The van der Waals surface area contributed by atoms with Gasteiger partial charge in [0.15, 0.2) is 0 Å². The highest BCUT2D eigenvalue weighted by Gasteiger charge is 2.39. The van der Waals surface area contributed by atoms with Gasteiger partial charge in [-0.1, -0.05) is 20.8 Å². The standard InChI is InChI=1S/C16H23F2NO/c1-4-19-15-14(6-5-7-16(15,2)3)20-13-9-11(17)8-12(18)10-13/h8-10,14-15,19H,4-7H2,1-3H3. The van der Waals surface area contributed by atoms with Crippen LogP contribution in [0.1, 0.15) is 40.0 Å². The minimum Gasteiger partial charge on any atom is -0.489 e. The van der Waals surface area contributed by atoms with Gasteiger partial charge in [0, 0.05) is 24.2 Å². The number of likely N-dealkylation sites (N-methyl/N-ethyl adjacent to an activating group) is 1. The molecule has 0 amide bonds. The lowest BCUT2D eigenvalue weighted by atomic mass is 9.71. The average Bonchev–Trinajstić information content (AvgIpc) is 2.32. The van der Waals surface area contributed by atoms with Crippen LogP contribution in [-0.2, 0) is 0 Å². The van der Waals surface area contributed by atoms with Gasteiger partial charge in [0.25, 0.3) is 0 Å². The molecule has 4 heteroatoms. The van der Waals surface area contributed by atoms with Crippen molar-refractivity contribution < 1.29 is 13.5 Å². The maximum Gasteiger partial charge on any atom is 0.129 e. The Bertz CT molecular complexity index is 442. The van der Waals surface area contributed by atoms with Crippen LogP contribution < -0.4 is 10.1 Å². The molecule has 1 saturated carbocycles. The molecule has 2 atom stereocenters. The molecule has 0 spiro atoms. The normalized spacial score (nSPS) is 25.4. The Morgan fingerprint density at radius 3 is 2.50 bits per heavy atom. The molecule has 1 fully saturated rings. The van der Waals surface area contributed by atoms with Crippen molar-refractivity contribution in [2.75, 3.05) is 6.54 Å². The summed E-state index contributed by atoms with van der Waals surface area (Å²) in [6.45, 7) is 7.33. The van der Waals surface area contributed by atoms with E-state index in [2.05, 4.69) is 26.1 Å². The maximum absolute atomic E-state index is 13.2. The summed E-state index contributed by atoms with van der Waals surface area (Å²) in [7, 11) is 0. The second-order valence-electron chi connectivity index (χ2n) is 6.18. The molecule has 0 aliphatic heterocycles. The van der Waals surface area contributed by atoms with Crippen molar-refractivity contribution in [1.29, 1.82) is 0 Å². The predicted molar refractivity (Wildman–Crippen MR) is 75.9 cm³/mol. The Hall–Kier alpha value is -1.16. The molecular formula is C16H23F2NO. The van der Waals surface area contributed by atoms with Gasteiger partial charge >= 0.3 is 0 Å². The third-order valence-electron chi connectivity index (χ3n) is 4.07. The zero-order valence-corrected chi connectivity index (χ0v) is 12.4. The monoisotopic (exact) mass is 283 g/mol. The van der Waals surface area contributed by atoms with Crippen LogP contribution in [0.2, 0.25) is 0 Å². The molecule has 2 nitrogen and oxygen atoms in total. The largest absolute Gasteiger partial charge is 0.489 e. The fourth-order valence-electron chi connectivity index (χ4n) is 3.11. The molecule has 0 radical (unpaired) electrons. The van der Waals surface area contributed by atoms with Crippen molar-refractivity contribution in [3.63, 3.8) is 0 Å². The van der Waals surface area contributed by atoms with Gasteiger partial charge in [0.2, 0.25) is 0 Å². The van der Waals surface area contributed by atoms with Crippen LogP contribution in [0.5, 0.6) is 5.75 Å². The number of nitrogens with one attached hydrogen (secondary N) is 1. The Morgan fingerprint density at radius 2 is 1.90 bits per heavy atom. The fraction of sp³-hybridized carbons (Fsp3) is 0.625. The smallest absolute Gasteiger partial charge is 0.129 e. The second-order valence-corrected chi connectivity index (χ2v) is 6.18. The molecule has 1 aromatic carbocycles. The van der Waals surface area contributed by atoms with Crippen LogP contribution in [0.3, 0.4) is 0 Å². The summed E-state index contributed by atoms with van der Waals surface area (Å²) < 4.78 is 32.4. The summed E-state index contributed by atoms with van der Waals surface area (Å²) in [5, 5.41) is 3.46. The molecule has 20 heavy (non-hydrogen) atoms. The average molecular weight is 283 g/mol. The minimum atomic E-state index is -0.602. The minimum absolute atomic E-state index is 0.0556. The third kappa shape index (κ3) is 3.48. The van der Waals surface area contributed by atoms with Gasteiger partial charge in [-0.05, 0) is 31.2 Å². The van der Waals surface area contributed by atoms with E-state index >= 15 is 0 Å². The van der Waals surface area contributed by atoms with E-state index in [4.69, 9.17) is 4.74 Å². The summed E-state index contributed by atoms with van der Waals surface area (Å²) in [6.07, 6.45) is 3.04. The summed E-state index contributed by atoms with van der Waals surface area (Å²) >= 11 is 0. The first-order valence-electron chi connectivity index (χ1n) is 7.28. The van der Waals surface area contributed by atoms with E-state index in [-0.39, 0.29) is 23.3 Å². The van der Waals surface area contributed by atoms with Crippen LogP contribution in [0, 0.1) is 17.0 Å². The summed E-state index contributed by atoms with van der Waals surface area (Å²) in [6, 6.07) is 3.54. The van der Waals surface area contributed by atoms with E-state index in [1.807, 2.05) is 0 Å². The third-order valence-corrected chi connectivity index (χ3v) is 4.07. The summed E-state index contributed by atoms with van der Waals surface area (Å²) in [4.78, 5) is 0. The molecule has 0 saturated heterocycles. The van der Waals surface area contributed by atoms with Crippen molar-refractivity contribution in [2.24, 2.45) is 5.41 Å². The lowest BCUT2D eigenvalue weighted by Crippen LogP contribution is -2.54. The van der Waals surface area contributed by atoms with Crippen molar-refractivity contribution in [3.05, 3.63) is 29.8 Å². The quantitative estimate of drug-likeness (QED) is 0.905. The molecule has 1 aliphatic carbocycles. The number of hydrogen-bond acceptors (Lipinski definition) is 2. The number of ether oxygens (including phenoxy) is 1. The second kappa shape index (κ2) is 6.08. The van der Waals surface area contributed by atoms with Crippen molar-refractivity contribution in [2.45, 2.75) is 52.2 Å². The molecule has 0 aromatic heterocycles. The molecule has 0 bridgehead atoms. The lowest BCUT2D eigenvalue weighted by Gasteiger charge is -2.44. The van der Waals surface area contributed by atoms with Gasteiger partial charge in [0.1, 0.15) is 23.5 Å². The predicted octanol–water partition coefficient (Wildman–Crippen LogP) is 3.90. The number of rotatable bonds is 4. The van der Waals surface area contributed by atoms with Crippen LogP contribution >= 0.6 is 0 Å². The van der Waals surface area contributed by atoms with E-state index in [0.717, 1.165) is 31.9 Å². The molecule has 112 valence electrons. The zero-order chi connectivity index (χ0) is 14.8. The molecule has 2 unspecified atom stereocenters. The number of halogens is 2. The van der Waals surface area contributed by atoms with Gasteiger partial charge in [-0.2, -0.15) is 0 Å². The Kier molecular flexibility index (Phi) is 4.63. The molecule has 1 aliphatic rings. The zero-order valence-electron chi connectivity index (χ0n) is 12.4. The first-order chi connectivity index (χ1) is 9.42. The highest BCUT2D eigenvalue weighted by atomic mass is 19.1. The fourth-order valence-corrected chi connectivity index (χ4v) is 3.11. The Morgan fingerprint density at radius 1 is 1.25 bits per heavy atom. The maximum atomic E-state index is 13.2. The van der Waals surface area contributed by atoms with Gasteiger partial charge < -0.3 is 10.1 Å². The van der Waals surface area contributed by atoms with Gasteiger partial charge in [-0.3, -0.25) is 0 Å². The highest BCUT2D eigenvalue weighted by molar-refractivity contribution is 5.24. The molecular weight excluding hydrogens is 260 g/mol. The van der Waals surface area contributed by atoms with Crippen LogP contribution in [-0.4, -0.2) is 18.7 Å². The van der Waals surface area contributed by atoms with Gasteiger partial charge in [-0.15, -0.1) is 0 Å². The van der Waals surface area contributed by atoms with E-state index < -0.39 is 11.6 Å². The topological polar surface area (TPSA) is 21.3 Å². The molecule has 1 N–H and O–H groups in total. The van der Waals surface area contributed by atoms with Crippen LogP contribution in [0.25, 0.3) is 0 Å². The van der Waals surface area contributed by atoms with Crippen LogP contribution in [0.15, 0.2) is 18.2 Å². The van der Waals surface area contributed by atoms with Crippen molar-refractivity contribution in [3.8, 4) is 5.75 Å². The highest BCUT2D eigenvalue weighted by Crippen LogP contribution is 2.37. The van der Waals surface area contributed by atoms with E-state index in [9.17, 15) is 8.78 Å². The first-order valence-corrected chi connectivity index (χ1v) is 7.28. The molecule has 0 heterocycles. The molecule has 2 rings (SSSR count). The summed E-state index contributed by atoms with van der Waals surface area (Å²) in [5.74, 6) is -0.932. The van der Waals surface area contributed by atoms with E-state index in [0.29, 0.717) is 0 Å². The van der Waals surface area contributed by atoms with E-state index in [1.54, 1.807) is 0 Å². The van der Waals surface area contributed by atoms with Crippen molar-refractivity contribution in [1.82, 2.24) is 5.32 Å². The van der Waals surface area contributed by atoms with Gasteiger partial charge in [-0.25, -0.2) is 8.78 Å². The SMILES string of the molecule is CCNC1C(Oc2cc(F)cc(F)c2)CCCC1(C)C. The summed E-state index contributed by atoms with van der Waals surface area (Å²) in [5.41, 5.74) is 0.116. The van der Waals surface area contributed by atoms with Crippen molar-refractivity contribution >= 4 is 0 Å². The van der Waals surface area contributed by atoms with E-state index in [1.165, 1.54) is 12.1 Å².